The highest BCUT2D eigenvalue weighted by molar-refractivity contribution is 5.98. The van der Waals surface area contributed by atoms with Crippen LogP contribution in [0, 0.1) is 11.7 Å². The van der Waals surface area contributed by atoms with Crippen LogP contribution in [0.3, 0.4) is 0 Å². The van der Waals surface area contributed by atoms with E-state index in [0.717, 1.165) is 12.7 Å². The lowest BCUT2D eigenvalue weighted by Crippen LogP contribution is -2.32. The smallest absolute Gasteiger partial charge is 0.280 e. The Labute approximate surface area is 188 Å². The number of carbonyl (C=O) groups is 2. The molecule has 10 nitrogen and oxygen atoms in total. The molecule has 0 spiro atoms. The Kier molecular flexibility index (Phi) is 5.10. The second kappa shape index (κ2) is 7.98. The van der Waals surface area contributed by atoms with Crippen molar-refractivity contribution in [3.8, 4) is 0 Å². The maximum atomic E-state index is 13.2. The van der Waals surface area contributed by atoms with Crippen LogP contribution in [-0.2, 0) is 17.9 Å². The number of nitrogens with zero attached hydrogens (tertiary/aromatic N) is 5. The van der Waals surface area contributed by atoms with Gasteiger partial charge in [-0.3, -0.25) is 14.4 Å². The van der Waals surface area contributed by atoms with Gasteiger partial charge >= 0.3 is 0 Å². The fourth-order valence-corrected chi connectivity index (χ4v) is 3.99. The minimum atomic E-state index is -0.516. The van der Waals surface area contributed by atoms with Gasteiger partial charge in [-0.25, -0.2) is 9.37 Å². The number of amides is 2. The number of fused-ring (bicyclic) bond motifs is 2. The van der Waals surface area contributed by atoms with Crippen molar-refractivity contribution in [2.75, 3.05) is 17.2 Å². The molecule has 33 heavy (non-hydrogen) atoms. The van der Waals surface area contributed by atoms with Crippen molar-refractivity contribution in [1.82, 2.24) is 24.1 Å². The summed E-state index contributed by atoms with van der Waals surface area (Å²) in [6.07, 6.45) is 3.33. The fraction of sp³-hybridized carbons (Fsp3) is 0.409. The van der Waals surface area contributed by atoms with Crippen molar-refractivity contribution in [3.05, 3.63) is 51.8 Å². The van der Waals surface area contributed by atoms with Crippen LogP contribution >= 0.6 is 0 Å². The molecule has 0 unspecified atom stereocenters. The monoisotopic (exact) mass is 453 g/mol. The first-order valence-corrected chi connectivity index (χ1v) is 10.9. The van der Waals surface area contributed by atoms with E-state index in [9.17, 15) is 18.8 Å². The predicted octanol–water partition coefficient (Wildman–Crippen LogP) is 1.85. The lowest BCUT2D eigenvalue weighted by molar-refractivity contribution is -0.116. The van der Waals surface area contributed by atoms with Crippen LogP contribution in [0.1, 0.15) is 42.7 Å². The summed E-state index contributed by atoms with van der Waals surface area (Å²) in [7, 11) is 0. The average molecular weight is 453 g/mol. The summed E-state index contributed by atoms with van der Waals surface area (Å²) in [6.45, 7) is 4.42. The number of halogens is 1. The minimum Gasteiger partial charge on any atom is -0.368 e. The van der Waals surface area contributed by atoms with Gasteiger partial charge in [0.05, 0.1) is 18.3 Å². The number of aromatic nitrogens is 4. The molecule has 3 aromatic heterocycles. The number of hydrogen-bond donors (Lipinski definition) is 2. The molecule has 1 fully saturated rings. The molecule has 3 aromatic rings. The summed E-state index contributed by atoms with van der Waals surface area (Å²) in [5.74, 6) is 0.0229. The van der Waals surface area contributed by atoms with Crippen LogP contribution < -0.4 is 16.2 Å². The number of pyridine rings is 1. The Bertz CT molecular complexity index is 1310. The summed E-state index contributed by atoms with van der Waals surface area (Å²) in [4.78, 5) is 44.7. The van der Waals surface area contributed by atoms with Crippen LogP contribution in [-0.4, -0.2) is 48.5 Å². The SMILES string of the molecule is CC(C)N1Cc2c(n(CC(=O)Nc3ccc(F)cn3)c3cc(NCC4CC4)nn3c2=O)C1=O. The molecule has 1 aliphatic heterocycles. The minimum absolute atomic E-state index is 0.113. The van der Waals surface area contributed by atoms with Gasteiger partial charge < -0.3 is 20.1 Å². The van der Waals surface area contributed by atoms with Gasteiger partial charge in [0.25, 0.3) is 11.5 Å². The van der Waals surface area contributed by atoms with Gasteiger partial charge in [0, 0.05) is 18.7 Å². The van der Waals surface area contributed by atoms with Crippen molar-refractivity contribution in [2.45, 2.75) is 45.8 Å². The third-order valence-electron chi connectivity index (χ3n) is 5.95. The molecule has 2 aliphatic rings. The predicted molar refractivity (Wildman–Crippen MR) is 118 cm³/mol. The first kappa shape index (κ1) is 21.1. The molecule has 11 heteroatoms. The maximum Gasteiger partial charge on any atom is 0.280 e. The van der Waals surface area contributed by atoms with Crippen LogP contribution in [0.5, 0.6) is 0 Å². The second-order valence-electron chi connectivity index (χ2n) is 8.78. The Balaban J connectivity index is 1.54. The molecule has 1 saturated carbocycles. The summed E-state index contributed by atoms with van der Waals surface area (Å²) in [6, 6.07) is 4.11. The molecule has 2 N–H and O–H groups in total. The average Bonchev–Trinajstić information content (AvgIpc) is 3.40. The van der Waals surface area contributed by atoms with Crippen molar-refractivity contribution in [3.63, 3.8) is 0 Å². The van der Waals surface area contributed by atoms with Gasteiger partial charge in [-0.05, 0) is 44.7 Å². The lowest BCUT2D eigenvalue weighted by atomic mass is 10.2. The Morgan fingerprint density at radius 3 is 2.70 bits per heavy atom. The van der Waals surface area contributed by atoms with Crippen molar-refractivity contribution in [2.24, 2.45) is 5.92 Å². The first-order valence-electron chi connectivity index (χ1n) is 10.9. The summed E-state index contributed by atoms with van der Waals surface area (Å²) >= 11 is 0. The first-order chi connectivity index (χ1) is 15.8. The van der Waals surface area contributed by atoms with E-state index in [2.05, 4.69) is 20.7 Å². The van der Waals surface area contributed by atoms with Gasteiger partial charge in [0.15, 0.2) is 5.82 Å². The molecule has 0 bridgehead atoms. The molecule has 172 valence electrons. The van der Waals surface area contributed by atoms with Gasteiger partial charge in [0.2, 0.25) is 5.91 Å². The highest BCUT2D eigenvalue weighted by Gasteiger charge is 2.36. The molecule has 4 heterocycles. The number of carbonyl (C=O) groups excluding carboxylic acids is 2. The van der Waals surface area contributed by atoms with Crippen LogP contribution in [0.15, 0.2) is 29.2 Å². The zero-order chi connectivity index (χ0) is 23.3. The largest absolute Gasteiger partial charge is 0.368 e. The lowest BCUT2D eigenvalue weighted by Gasteiger charge is -2.20. The number of nitrogens with one attached hydrogen (secondary N) is 2. The molecule has 2 amide bonds. The van der Waals surface area contributed by atoms with E-state index in [1.54, 1.807) is 11.0 Å². The Morgan fingerprint density at radius 2 is 2.03 bits per heavy atom. The topological polar surface area (TPSA) is 114 Å². The van der Waals surface area contributed by atoms with Gasteiger partial charge in [-0.1, -0.05) is 0 Å². The van der Waals surface area contributed by atoms with E-state index < -0.39 is 11.7 Å². The molecular formula is C22H24FN7O3. The van der Waals surface area contributed by atoms with Crippen LogP contribution in [0.25, 0.3) is 5.65 Å². The summed E-state index contributed by atoms with van der Waals surface area (Å²) in [5, 5.41) is 10.2. The highest BCUT2D eigenvalue weighted by Crippen LogP contribution is 2.29. The quantitative estimate of drug-likeness (QED) is 0.565. The third kappa shape index (κ3) is 3.94. The zero-order valence-electron chi connectivity index (χ0n) is 18.3. The van der Waals surface area contributed by atoms with Crippen LogP contribution in [0.2, 0.25) is 0 Å². The van der Waals surface area contributed by atoms with Gasteiger partial charge in [-0.15, -0.1) is 5.10 Å². The van der Waals surface area contributed by atoms with Gasteiger partial charge in [0.1, 0.15) is 29.5 Å². The second-order valence-corrected chi connectivity index (χ2v) is 8.78. The highest BCUT2D eigenvalue weighted by atomic mass is 19.1. The summed E-state index contributed by atoms with van der Waals surface area (Å²) < 4.78 is 15.9. The van der Waals surface area contributed by atoms with Gasteiger partial charge in [-0.2, -0.15) is 4.52 Å². The van der Waals surface area contributed by atoms with E-state index in [-0.39, 0.29) is 42.1 Å². The molecule has 1 aliphatic carbocycles. The van der Waals surface area contributed by atoms with Crippen molar-refractivity contribution in [1.29, 1.82) is 0 Å². The van der Waals surface area contributed by atoms with Crippen molar-refractivity contribution >= 4 is 29.1 Å². The number of rotatable bonds is 7. The molecular weight excluding hydrogens is 429 g/mol. The molecule has 0 radical (unpaired) electrons. The van der Waals surface area contributed by atoms with Crippen molar-refractivity contribution < 1.29 is 14.0 Å². The Hall–Kier alpha value is -3.76. The summed E-state index contributed by atoms with van der Waals surface area (Å²) in [5.41, 5.74) is 0.480. The van der Waals surface area contributed by atoms with E-state index in [1.165, 1.54) is 34.1 Å². The van der Waals surface area contributed by atoms with E-state index >= 15 is 0 Å². The Morgan fingerprint density at radius 1 is 1.24 bits per heavy atom. The standard InChI is InChI=1S/C22H24FN7O3/c1-12(2)28-10-15-20(22(28)33)29(11-18(31)26-16-6-5-14(23)9-25-16)19-7-17(24-8-13-3-4-13)27-30(19)21(15)32/h5-7,9,12-13H,3-4,8,10-11H2,1-2H3,(H,24,27)(H,25,26,31). The molecule has 5 rings (SSSR count). The molecule has 0 aromatic carbocycles. The van der Waals surface area contributed by atoms with Crippen LogP contribution in [0.4, 0.5) is 16.0 Å². The number of hydrogen-bond acceptors (Lipinski definition) is 6. The van der Waals surface area contributed by atoms with E-state index in [1.807, 2.05) is 13.8 Å². The van der Waals surface area contributed by atoms with E-state index in [0.29, 0.717) is 22.9 Å². The molecule has 0 atom stereocenters. The third-order valence-corrected chi connectivity index (χ3v) is 5.95. The normalized spacial score (nSPS) is 15.4. The number of anilines is 2. The fourth-order valence-electron chi connectivity index (χ4n) is 3.99. The zero-order valence-corrected chi connectivity index (χ0v) is 18.3. The van der Waals surface area contributed by atoms with E-state index in [4.69, 9.17) is 0 Å². The maximum absolute atomic E-state index is 13.2. The molecule has 0 saturated heterocycles.